The van der Waals surface area contributed by atoms with Gasteiger partial charge in [0.25, 0.3) is 0 Å². The monoisotopic (exact) mass is 375 g/mol. The minimum atomic E-state index is -0.311. The molecule has 0 saturated heterocycles. The number of aliphatic hydroxyl groups excluding tert-OH is 1. The molecule has 7 heteroatoms. The number of urea groups is 1. The maximum absolute atomic E-state index is 11.9. The van der Waals surface area contributed by atoms with Crippen LogP contribution in [0.5, 0.6) is 0 Å². The molecule has 0 aliphatic rings. The molecule has 138 valence electrons. The fraction of sp³-hybridized carbons (Fsp3) is 0.263. The zero-order valence-corrected chi connectivity index (χ0v) is 15.1. The summed E-state index contributed by atoms with van der Waals surface area (Å²) in [5, 5.41) is 17.6. The molecule has 2 rings (SSSR count). The van der Waals surface area contributed by atoms with Crippen molar-refractivity contribution in [2.24, 2.45) is 0 Å². The van der Waals surface area contributed by atoms with Crippen molar-refractivity contribution in [3.63, 3.8) is 0 Å². The van der Waals surface area contributed by atoms with Gasteiger partial charge in [0.1, 0.15) is 0 Å². The Balaban J connectivity index is 1.76. The van der Waals surface area contributed by atoms with Crippen LogP contribution >= 0.6 is 11.6 Å². The Morgan fingerprint density at radius 1 is 0.923 bits per heavy atom. The third kappa shape index (κ3) is 7.13. The normalized spacial score (nSPS) is 10.2. The summed E-state index contributed by atoms with van der Waals surface area (Å²) in [5.41, 5.74) is 2.44. The van der Waals surface area contributed by atoms with Gasteiger partial charge in [-0.15, -0.1) is 0 Å². The molecule has 26 heavy (non-hydrogen) atoms. The van der Waals surface area contributed by atoms with E-state index in [0.29, 0.717) is 30.2 Å². The summed E-state index contributed by atoms with van der Waals surface area (Å²) in [7, 11) is 0. The number of hydrogen-bond acceptors (Lipinski definition) is 3. The Morgan fingerprint density at radius 2 is 1.58 bits per heavy atom. The SMILES string of the molecule is O=C(Cc1ccc(NC(=O)NCc2ccc(Cl)cc2)cc1)NCCCO. The fourth-order valence-corrected chi connectivity index (χ4v) is 2.35. The van der Waals surface area contributed by atoms with Crippen molar-refractivity contribution in [3.8, 4) is 0 Å². The number of nitrogens with one attached hydrogen (secondary N) is 3. The summed E-state index contributed by atoms with van der Waals surface area (Å²) in [6, 6.07) is 14.0. The van der Waals surface area contributed by atoms with Gasteiger partial charge in [0.05, 0.1) is 6.42 Å². The van der Waals surface area contributed by atoms with Gasteiger partial charge in [-0.25, -0.2) is 4.79 Å². The Kier molecular flexibility index (Phi) is 7.92. The van der Waals surface area contributed by atoms with Crippen LogP contribution in [-0.2, 0) is 17.8 Å². The van der Waals surface area contributed by atoms with Gasteiger partial charge >= 0.3 is 6.03 Å². The lowest BCUT2D eigenvalue weighted by Crippen LogP contribution is -2.28. The molecule has 2 aromatic carbocycles. The van der Waals surface area contributed by atoms with E-state index in [4.69, 9.17) is 16.7 Å². The highest BCUT2D eigenvalue weighted by atomic mass is 35.5. The first-order valence-corrected chi connectivity index (χ1v) is 8.70. The van der Waals surface area contributed by atoms with E-state index in [9.17, 15) is 9.59 Å². The van der Waals surface area contributed by atoms with Crippen LogP contribution in [0, 0.1) is 0 Å². The molecule has 0 heterocycles. The number of aliphatic hydroxyl groups is 1. The lowest BCUT2D eigenvalue weighted by molar-refractivity contribution is -0.120. The van der Waals surface area contributed by atoms with Crippen LogP contribution in [0.3, 0.4) is 0 Å². The molecular formula is C19H22ClN3O3. The van der Waals surface area contributed by atoms with E-state index in [1.165, 1.54) is 0 Å². The Bertz CT molecular complexity index is 718. The molecule has 0 bridgehead atoms. The van der Waals surface area contributed by atoms with Crippen molar-refractivity contribution in [1.29, 1.82) is 0 Å². The van der Waals surface area contributed by atoms with E-state index in [-0.39, 0.29) is 25.0 Å². The average molecular weight is 376 g/mol. The maximum atomic E-state index is 11.9. The molecule has 0 aliphatic heterocycles. The maximum Gasteiger partial charge on any atom is 0.319 e. The van der Waals surface area contributed by atoms with E-state index >= 15 is 0 Å². The molecule has 4 N–H and O–H groups in total. The second-order valence-corrected chi connectivity index (χ2v) is 6.17. The number of carbonyl (C=O) groups is 2. The third-order valence-electron chi connectivity index (χ3n) is 3.60. The molecule has 0 aliphatic carbocycles. The summed E-state index contributed by atoms with van der Waals surface area (Å²) in [6.07, 6.45) is 0.800. The van der Waals surface area contributed by atoms with Crippen LogP contribution < -0.4 is 16.0 Å². The predicted octanol–water partition coefficient (Wildman–Crippen LogP) is 2.70. The van der Waals surface area contributed by atoms with E-state index in [0.717, 1.165) is 11.1 Å². The zero-order chi connectivity index (χ0) is 18.8. The number of hydrogen-bond donors (Lipinski definition) is 4. The van der Waals surface area contributed by atoms with Crippen LogP contribution in [0.15, 0.2) is 48.5 Å². The molecule has 0 radical (unpaired) electrons. The highest BCUT2D eigenvalue weighted by molar-refractivity contribution is 6.30. The van der Waals surface area contributed by atoms with Gasteiger partial charge in [-0.3, -0.25) is 4.79 Å². The molecule has 0 atom stereocenters. The van der Waals surface area contributed by atoms with Gasteiger partial charge < -0.3 is 21.1 Å². The van der Waals surface area contributed by atoms with Gasteiger partial charge in [0, 0.05) is 30.4 Å². The average Bonchev–Trinajstić information content (AvgIpc) is 2.63. The minimum absolute atomic E-state index is 0.0563. The lowest BCUT2D eigenvalue weighted by atomic mass is 10.1. The molecule has 0 unspecified atom stereocenters. The minimum Gasteiger partial charge on any atom is -0.396 e. The summed E-state index contributed by atoms with van der Waals surface area (Å²) < 4.78 is 0. The number of anilines is 1. The van der Waals surface area contributed by atoms with Crippen molar-refractivity contribution in [2.75, 3.05) is 18.5 Å². The second-order valence-electron chi connectivity index (χ2n) is 5.73. The van der Waals surface area contributed by atoms with Crippen molar-refractivity contribution in [3.05, 3.63) is 64.7 Å². The molecule has 6 nitrogen and oxygen atoms in total. The van der Waals surface area contributed by atoms with Gasteiger partial charge in [0.2, 0.25) is 5.91 Å². The van der Waals surface area contributed by atoms with Crippen molar-refractivity contribution >= 4 is 29.2 Å². The first-order chi connectivity index (χ1) is 12.6. The summed E-state index contributed by atoms with van der Waals surface area (Å²) in [6.45, 7) is 0.915. The summed E-state index contributed by atoms with van der Waals surface area (Å²) in [4.78, 5) is 23.6. The number of benzene rings is 2. The van der Waals surface area contributed by atoms with Crippen LogP contribution in [0.2, 0.25) is 5.02 Å². The largest absolute Gasteiger partial charge is 0.396 e. The molecule has 0 fully saturated rings. The lowest BCUT2D eigenvalue weighted by Gasteiger charge is -2.09. The van der Waals surface area contributed by atoms with E-state index in [1.54, 1.807) is 36.4 Å². The fourth-order valence-electron chi connectivity index (χ4n) is 2.22. The number of halogens is 1. The molecule has 3 amide bonds. The quantitative estimate of drug-likeness (QED) is 0.535. The van der Waals surface area contributed by atoms with Crippen molar-refractivity contribution in [2.45, 2.75) is 19.4 Å². The molecule has 0 aromatic heterocycles. The molecule has 2 aromatic rings. The molecular weight excluding hydrogens is 354 g/mol. The highest BCUT2D eigenvalue weighted by Crippen LogP contribution is 2.11. The Labute approximate surface area is 157 Å². The van der Waals surface area contributed by atoms with E-state index in [2.05, 4.69) is 16.0 Å². The van der Waals surface area contributed by atoms with E-state index < -0.39 is 0 Å². The van der Waals surface area contributed by atoms with Crippen molar-refractivity contribution < 1.29 is 14.7 Å². The van der Waals surface area contributed by atoms with Gasteiger partial charge in [-0.05, 0) is 41.8 Å². The van der Waals surface area contributed by atoms with Crippen LogP contribution in [-0.4, -0.2) is 30.2 Å². The Morgan fingerprint density at radius 3 is 2.23 bits per heavy atom. The van der Waals surface area contributed by atoms with Gasteiger partial charge in [0.15, 0.2) is 0 Å². The van der Waals surface area contributed by atoms with Crippen LogP contribution in [0.4, 0.5) is 10.5 Å². The first kappa shape index (κ1) is 19.8. The zero-order valence-electron chi connectivity index (χ0n) is 14.3. The predicted molar refractivity (Wildman–Crippen MR) is 102 cm³/mol. The number of carbonyl (C=O) groups excluding carboxylic acids is 2. The van der Waals surface area contributed by atoms with Crippen LogP contribution in [0.25, 0.3) is 0 Å². The second kappa shape index (κ2) is 10.4. The standard InChI is InChI=1S/C19H22ClN3O3/c20-16-6-2-15(3-7-16)13-22-19(26)23-17-8-4-14(5-9-17)12-18(25)21-10-1-11-24/h2-9,24H,1,10-13H2,(H,21,25)(H2,22,23,26). The van der Waals surface area contributed by atoms with Crippen molar-refractivity contribution in [1.82, 2.24) is 10.6 Å². The number of amides is 3. The molecule has 0 spiro atoms. The van der Waals surface area contributed by atoms with E-state index in [1.807, 2.05) is 12.1 Å². The Hall–Kier alpha value is -2.57. The summed E-state index contributed by atoms with van der Waals surface area (Å²) in [5.74, 6) is -0.0973. The van der Waals surface area contributed by atoms with Gasteiger partial charge in [-0.1, -0.05) is 35.9 Å². The number of rotatable bonds is 8. The topological polar surface area (TPSA) is 90.5 Å². The summed E-state index contributed by atoms with van der Waals surface area (Å²) >= 11 is 5.82. The van der Waals surface area contributed by atoms with Gasteiger partial charge in [-0.2, -0.15) is 0 Å². The highest BCUT2D eigenvalue weighted by Gasteiger charge is 2.05. The smallest absolute Gasteiger partial charge is 0.319 e. The molecule has 0 saturated carbocycles. The third-order valence-corrected chi connectivity index (χ3v) is 3.85. The first-order valence-electron chi connectivity index (χ1n) is 8.32. The van der Waals surface area contributed by atoms with Crippen LogP contribution in [0.1, 0.15) is 17.5 Å².